The zero-order chi connectivity index (χ0) is 15.8. The third-order valence-electron chi connectivity index (χ3n) is 2.93. The van der Waals surface area contributed by atoms with Gasteiger partial charge in [0.2, 0.25) is 5.78 Å². The minimum absolute atomic E-state index is 0.0603. The topological polar surface area (TPSA) is 63.6 Å². The van der Waals surface area contributed by atoms with Gasteiger partial charge in [-0.1, -0.05) is 40.9 Å². The summed E-state index contributed by atoms with van der Waals surface area (Å²) in [5.74, 6) is -0.539. The summed E-state index contributed by atoms with van der Waals surface area (Å²) >= 11 is 11.6. The molecule has 1 aliphatic rings. The SMILES string of the molecule is CC1=C(Cl)C(=O)C(Cl)=CC1=NS(=O)(=O)c1ccc(C)cc1. The van der Waals surface area contributed by atoms with Crippen molar-refractivity contribution in [3.05, 3.63) is 51.5 Å². The van der Waals surface area contributed by atoms with Gasteiger partial charge in [0, 0.05) is 0 Å². The van der Waals surface area contributed by atoms with E-state index < -0.39 is 15.8 Å². The number of carbonyl (C=O) groups excluding carboxylic acids is 1. The van der Waals surface area contributed by atoms with Crippen LogP contribution in [-0.4, -0.2) is 19.9 Å². The Morgan fingerprint density at radius 1 is 1.05 bits per heavy atom. The van der Waals surface area contributed by atoms with E-state index in [4.69, 9.17) is 23.2 Å². The number of ketones is 1. The van der Waals surface area contributed by atoms with Crippen LogP contribution in [0.1, 0.15) is 12.5 Å². The molecule has 1 aliphatic carbocycles. The van der Waals surface area contributed by atoms with Gasteiger partial charge in [-0.05, 0) is 37.6 Å². The third-order valence-corrected chi connectivity index (χ3v) is 4.97. The predicted molar refractivity (Wildman–Crippen MR) is 83.3 cm³/mol. The van der Waals surface area contributed by atoms with Crippen LogP contribution in [-0.2, 0) is 14.8 Å². The van der Waals surface area contributed by atoms with Crippen LogP contribution >= 0.6 is 23.2 Å². The highest BCUT2D eigenvalue weighted by atomic mass is 35.5. The van der Waals surface area contributed by atoms with Gasteiger partial charge in [0.15, 0.2) is 0 Å². The van der Waals surface area contributed by atoms with Gasteiger partial charge >= 0.3 is 0 Å². The van der Waals surface area contributed by atoms with Gasteiger partial charge in [-0.15, -0.1) is 0 Å². The summed E-state index contributed by atoms with van der Waals surface area (Å²) in [7, 11) is -3.89. The number of Topliss-reactive ketones (excluding diaryl/α,β-unsaturated/α-hetero) is 1. The Bertz CT molecular complexity index is 803. The average Bonchev–Trinajstić information content (AvgIpc) is 2.42. The largest absolute Gasteiger partial charge is 0.287 e. The lowest BCUT2D eigenvalue weighted by atomic mass is 10.0. The van der Waals surface area contributed by atoms with Gasteiger partial charge in [-0.2, -0.15) is 12.8 Å². The molecular formula is C14H11Cl2NO3S. The van der Waals surface area contributed by atoms with E-state index in [1.807, 2.05) is 6.92 Å². The lowest BCUT2D eigenvalue weighted by Crippen LogP contribution is -2.14. The Morgan fingerprint density at radius 2 is 1.62 bits per heavy atom. The molecule has 7 heteroatoms. The number of hydrogen-bond acceptors (Lipinski definition) is 3. The van der Waals surface area contributed by atoms with Crippen LogP contribution in [0.3, 0.4) is 0 Å². The van der Waals surface area contributed by atoms with Gasteiger partial charge in [0.1, 0.15) is 0 Å². The maximum atomic E-state index is 12.2. The van der Waals surface area contributed by atoms with E-state index in [-0.39, 0.29) is 26.2 Å². The van der Waals surface area contributed by atoms with Crippen molar-refractivity contribution >= 4 is 44.7 Å². The Hall–Kier alpha value is -1.43. The monoisotopic (exact) mass is 343 g/mol. The fourth-order valence-corrected chi connectivity index (χ4v) is 3.15. The van der Waals surface area contributed by atoms with Gasteiger partial charge in [-0.25, -0.2) is 0 Å². The Kier molecular flexibility index (Phi) is 4.37. The van der Waals surface area contributed by atoms with Crippen molar-refractivity contribution in [2.24, 2.45) is 4.40 Å². The van der Waals surface area contributed by atoms with Crippen LogP contribution in [0.25, 0.3) is 0 Å². The minimum atomic E-state index is -3.89. The fraction of sp³-hybridized carbons (Fsp3) is 0.143. The van der Waals surface area contributed by atoms with Crippen molar-refractivity contribution in [2.45, 2.75) is 18.7 Å². The highest BCUT2D eigenvalue weighted by Crippen LogP contribution is 2.26. The molecule has 0 N–H and O–H groups in total. The zero-order valence-corrected chi connectivity index (χ0v) is 13.6. The van der Waals surface area contributed by atoms with Gasteiger partial charge < -0.3 is 0 Å². The van der Waals surface area contributed by atoms with Crippen molar-refractivity contribution in [3.63, 3.8) is 0 Å². The molecule has 0 radical (unpaired) electrons. The van der Waals surface area contributed by atoms with E-state index in [1.165, 1.54) is 25.1 Å². The number of aryl methyl sites for hydroxylation is 1. The Morgan fingerprint density at radius 3 is 2.19 bits per heavy atom. The number of allylic oxidation sites excluding steroid dienone is 4. The lowest BCUT2D eigenvalue weighted by molar-refractivity contribution is -0.111. The summed E-state index contributed by atoms with van der Waals surface area (Å²) < 4.78 is 28.2. The van der Waals surface area contributed by atoms with Crippen molar-refractivity contribution in [1.29, 1.82) is 0 Å². The zero-order valence-electron chi connectivity index (χ0n) is 11.2. The van der Waals surface area contributed by atoms with Gasteiger partial charge in [0.25, 0.3) is 10.0 Å². The molecule has 0 aliphatic heterocycles. The second-order valence-corrected chi connectivity index (χ2v) is 6.91. The number of carbonyl (C=O) groups is 1. The molecule has 0 bridgehead atoms. The number of halogens is 2. The Labute approximate surface area is 132 Å². The lowest BCUT2D eigenvalue weighted by Gasteiger charge is -2.11. The molecule has 1 aromatic carbocycles. The molecule has 0 atom stereocenters. The van der Waals surface area contributed by atoms with Crippen molar-refractivity contribution in [3.8, 4) is 0 Å². The van der Waals surface area contributed by atoms with E-state index in [2.05, 4.69) is 4.40 Å². The molecule has 4 nitrogen and oxygen atoms in total. The molecule has 0 saturated heterocycles. The van der Waals surface area contributed by atoms with E-state index in [1.54, 1.807) is 12.1 Å². The fourth-order valence-electron chi connectivity index (χ4n) is 1.67. The average molecular weight is 344 g/mol. The number of nitrogens with zero attached hydrogens (tertiary/aromatic N) is 1. The first-order valence-corrected chi connectivity index (χ1v) is 8.12. The van der Waals surface area contributed by atoms with Crippen LogP contribution in [0.5, 0.6) is 0 Å². The summed E-state index contributed by atoms with van der Waals surface area (Å²) in [5, 5.41) is -0.288. The van der Waals surface area contributed by atoms with E-state index in [9.17, 15) is 13.2 Å². The molecule has 0 unspecified atom stereocenters. The number of benzene rings is 1. The summed E-state index contributed by atoms with van der Waals surface area (Å²) in [6.07, 6.45) is 1.21. The highest BCUT2D eigenvalue weighted by Gasteiger charge is 2.24. The molecule has 110 valence electrons. The number of rotatable bonds is 2. The summed E-state index contributed by atoms with van der Waals surface area (Å²) in [5.41, 5.74) is 1.28. The van der Waals surface area contributed by atoms with Gasteiger partial charge in [0.05, 0.1) is 20.7 Å². The van der Waals surface area contributed by atoms with E-state index >= 15 is 0 Å². The molecule has 0 spiro atoms. The molecule has 0 saturated carbocycles. The van der Waals surface area contributed by atoms with Crippen molar-refractivity contribution in [2.75, 3.05) is 0 Å². The summed E-state index contributed by atoms with van der Waals surface area (Å²) in [6, 6.07) is 6.29. The maximum Gasteiger partial charge on any atom is 0.282 e. The standard InChI is InChI=1S/C14H11Cl2NO3S/c1-8-3-5-10(6-4-8)21(19,20)17-12-7-11(15)14(18)13(16)9(12)2/h3-7H,1-2H3. The number of sulfonamides is 1. The molecule has 2 rings (SSSR count). The summed E-state index contributed by atoms with van der Waals surface area (Å²) in [4.78, 5) is 11.6. The number of hydrogen-bond donors (Lipinski definition) is 0. The van der Waals surface area contributed by atoms with Crippen LogP contribution in [0.15, 0.2) is 55.3 Å². The molecule has 0 fully saturated rings. The third kappa shape index (κ3) is 3.26. The van der Waals surface area contributed by atoms with Crippen LogP contribution < -0.4 is 0 Å². The highest BCUT2D eigenvalue weighted by molar-refractivity contribution is 7.90. The van der Waals surface area contributed by atoms with Crippen molar-refractivity contribution in [1.82, 2.24) is 0 Å². The molecular weight excluding hydrogens is 333 g/mol. The van der Waals surface area contributed by atoms with E-state index in [0.29, 0.717) is 0 Å². The normalized spacial score (nSPS) is 18.2. The Balaban J connectivity index is 2.52. The minimum Gasteiger partial charge on any atom is -0.287 e. The molecule has 0 amide bonds. The molecule has 21 heavy (non-hydrogen) atoms. The van der Waals surface area contributed by atoms with Crippen molar-refractivity contribution < 1.29 is 13.2 Å². The second kappa shape index (κ2) is 5.75. The molecule has 0 heterocycles. The predicted octanol–water partition coefficient (Wildman–Crippen LogP) is 3.34. The first-order valence-electron chi connectivity index (χ1n) is 5.92. The molecule has 0 aromatic heterocycles. The second-order valence-electron chi connectivity index (χ2n) is 4.53. The van der Waals surface area contributed by atoms with Crippen LogP contribution in [0.2, 0.25) is 0 Å². The first kappa shape index (κ1) is 15.9. The van der Waals surface area contributed by atoms with Gasteiger partial charge in [-0.3, -0.25) is 4.79 Å². The molecule has 1 aromatic rings. The van der Waals surface area contributed by atoms with Crippen LogP contribution in [0.4, 0.5) is 0 Å². The summed E-state index contributed by atoms with van der Waals surface area (Å²) in [6.45, 7) is 3.37. The quantitative estimate of drug-likeness (QED) is 0.773. The maximum absolute atomic E-state index is 12.2. The first-order chi connectivity index (χ1) is 9.72. The van der Waals surface area contributed by atoms with Crippen LogP contribution in [0, 0.1) is 6.92 Å². The smallest absolute Gasteiger partial charge is 0.282 e. The van der Waals surface area contributed by atoms with E-state index in [0.717, 1.165) is 5.56 Å².